The molecule has 0 saturated carbocycles. The quantitative estimate of drug-likeness (QED) is 0.399. The molecule has 1 aliphatic heterocycles. The molecule has 1 saturated heterocycles. The zero-order valence-electron chi connectivity index (χ0n) is 20.2. The minimum absolute atomic E-state index is 0.0598. The highest BCUT2D eigenvalue weighted by molar-refractivity contribution is 7.93. The van der Waals surface area contributed by atoms with Crippen molar-refractivity contribution in [3.05, 3.63) is 90.5 Å². The van der Waals surface area contributed by atoms with Gasteiger partial charge in [0.05, 0.1) is 11.5 Å². The average Bonchev–Trinajstić information content (AvgIpc) is 2.92. The summed E-state index contributed by atoms with van der Waals surface area (Å²) in [5.41, 5.74) is 10.2. The molecule has 7 heteroatoms. The second-order valence-corrected chi connectivity index (χ2v) is 11.2. The molecule has 1 aliphatic rings. The monoisotopic (exact) mass is 505 g/mol. The maximum atomic E-state index is 13.2. The molecule has 188 valence electrons. The van der Waals surface area contributed by atoms with Crippen LogP contribution in [0.2, 0.25) is 0 Å². The Morgan fingerprint density at radius 3 is 2.33 bits per heavy atom. The summed E-state index contributed by atoms with van der Waals surface area (Å²) >= 11 is 0. The lowest BCUT2D eigenvalue weighted by Crippen LogP contribution is -2.53. The summed E-state index contributed by atoms with van der Waals surface area (Å²) in [6, 6.07) is 22.9. The molecule has 0 bridgehead atoms. The number of hydrogen-bond donors (Lipinski definition) is 1. The van der Waals surface area contributed by atoms with Crippen molar-refractivity contribution in [2.75, 3.05) is 19.8 Å². The van der Waals surface area contributed by atoms with Crippen LogP contribution < -0.4 is 10.5 Å². The molecular weight excluding hydrogens is 474 g/mol. The van der Waals surface area contributed by atoms with Gasteiger partial charge in [-0.25, -0.2) is 8.42 Å². The fraction of sp³-hybridized carbons (Fsp3) is 0.276. The van der Waals surface area contributed by atoms with Gasteiger partial charge in [-0.3, -0.25) is 4.79 Å². The number of rotatable bonds is 10. The van der Waals surface area contributed by atoms with E-state index in [-0.39, 0.29) is 31.0 Å². The van der Waals surface area contributed by atoms with Crippen LogP contribution in [0.5, 0.6) is 5.75 Å². The summed E-state index contributed by atoms with van der Waals surface area (Å²) in [6.45, 7) is 4.66. The van der Waals surface area contributed by atoms with E-state index in [0.717, 1.165) is 24.0 Å². The van der Waals surface area contributed by atoms with E-state index in [4.69, 9.17) is 15.2 Å². The van der Waals surface area contributed by atoms with Crippen LogP contribution >= 0.6 is 0 Å². The summed E-state index contributed by atoms with van der Waals surface area (Å²) in [7, 11) is -3.95. The van der Waals surface area contributed by atoms with Gasteiger partial charge in [0.15, 0.2) is 14.6 Å². The summed E-state index contributed by atoms with van der Waals surface area (Å²) in [4.78, 5) is 12.2. The average molecular weight is 506 g/mol. The summed E-state index contributed by atoms with van der Waals surface area (Å²) in [5.74, 6) is -0.255. The Morgan fingerprint density at radius 2 is 1.69 bits per heavy atom. The van der Waals surface area contributed by atoms with Gasteiger partial charge in [0.2, 0.25) is 5.91 Å². The van der Waals surface area contributed by atoms with Gasteiger partial charge < -0.3 is 15.2 Å². The zero-order valence-corrected chi connectivity index (χ0v) is 21.0. The minimum atomic E-state index is -3.95. The molecule has 6 nitrogen and oxygen atoms in total. The molecule has 0 radical (unpaired) electrons. The van der Waals surface area contributed by atoms with E-state index in [0.29, 0.717) is 12.4 Å². The van der Waals surface area contributed by atoms with Crippen LogP contribution in [0.4, 0.5) is 0 Å². The lowest BCUT2D eigenvalue weighted by Gasteiger charge is -2.33. The van der Waals surface area contributed by atoms with Crippen LogP contribution in [0.15, 0.2) is 84.3 Å². The Kier molecular flexibility index (Phi) is 7.91. The van der Waals surface area contributed by atoms with E-state index in [1.54, 1.807) is 12.1 Å². The molecule has 2 N–H and O–H groups in total. The third kappa shape index (κ3) is 5.37. The number of nitrogens with two attached hydrogens (primary N) is 1. The van der Waals surface area contributed by atoms with Gasteiger partial charge in [-0.15, -0.1) is 0 Å². The minimum Gasteiger partial charge on any atom is -0.494 e. The molecule has 0 aliphatic carbocycles. The highest BCUT2D eigenvalue weighted by atomic mass is 32.2. The fourth-order valence-electron chi connectivity index (χ4n) is 4.47. The van der Waals surface area contributed by atoms with Crippen molar-refractivity contribution < 1.29 is 22.7 Å². The van der Waals surface area contributed by atoms with Crippen LogP contribution in [-0.4, -0.2) is 38.9 Å². The first kappa shape index (κ1) is 25.7. The molecular formula is C29H31NO5S. The van der Waals surface area contributed by atoms with Crippen LogP contribution in [-0.2, 0) is 25.8 Å². The molecule has 0 spiro atoms. The third-order valence-electron chi connectivity index (χ3n) is 6.68. The Hall–Kier alpha value is -3.42. The number of carbonyl (C=O) groups is 1. The Balaban J connectivity index is 1.34. The lowest BCUT2D eigenvalue weighted by atomic mass is 9.98. The first-order chi connectivity index (χ1) is 17.4. The van der Waals surface area contributed by atoms with Gasteiger partial charge in [-0.1, -0.05) is 61.2 Å². The first-order valence-corrected chi connectivity index (χ1v) is 13.5. The fourth-order valence-corrected chi connectivity index (χ4v) is 6.39. The van der Waals surface area contributed by atoms with Crippen molar-refractivity contribution >= 4 is 21.8 Å². The molecule has 1 fully saturated rings. The van der Waals surface area contributed by atoms with Gasteiger partial charge in [-0.2, -0.15) is 0 Å². The molecule has 0 atom stereocenters. The van der Waals surface area contributed by atoms with Gasteiger partial charge in [-0.05, 0) is 72.2 Å². The SMILES string of the molecule is C=Cc1ccc(-c2cccc(CCCOc3ccc(S(=O)(=O)C4(C(N)=O)CCOCC4)cc3)c2)cc1. The van der Waals surface area contributed by atoms with Crippen LogP contribution in [0.1, 0.15) is 30.4 Å². The van der Waals surface area contributed by atoms with Crippen molar-refractivity contribution in [2.45, 2.75) is 35.3 Å². The molecule has 1 heterocycles. The third-order valence-corrected chi connectivity index (χ3v) is 9.21. The Bertz CT molecular complexity index is 1310. The predicted octanol–water partition coefficient (Wildman–Crippen LogP) is 4.82. The maximum Gasteiger partial charge on any atom is 0.239 e. The topological polar surface area (TPSA) is 95.7 Å². The van der Waals surface area contributed by atoms with Crippen molar-refractivity contribution in [1.82, 2.24) is 0 Å². The van der Waals surface area contributed by atoms with Crippen molar-refractivity contribution in [2.24, 2.45) is 5.73 Å². The molecule has 1 amide bonds. The highest BCUT2D eigenvalue weighted by Crippen LogP contribution is 2.35. The van der Waals surface area contributed by atoms with Crippen molar-refractivity contribution in [3.63, 3.8) is 0 Å². The second-order valence-electron chi connectivity index (χ2n) is 8.92. The zero-order chi connectivity index (χ0) is 25.6. The summed E-state index contributed by atoms with van der Waals surface area (Å²) < 4.78 is 35.9. The first-order valence-electron chi connectivity index (χ1n) is 12.0. The predicted molar refractivity (Wildman–Crippen MR) is 141 cm³/mol. The normalized spacial score (nSPS) is 15.2. The number of aryl methyl sites for hydroxylation is 1. The molecule has 3 aromatic rings. The highest BCUT2D eigenvalue weighted by Gasteiger charge is 2.51. The number of amides is 1. The van der Waals surface area contributed by atoms with Gasteiger partial charge in [0.25, 0.3) is 0 Å². The number of sulfone groups is 1. The number of carbonyl (C=O) groups excluding carboxylic acids is 1. The van der Waals surface area contributed by atoms with E-state index >= 15 is 0 Å². The van der Waals surface area contributed by atoms with Crippen molar-refractivity contribution in [3.8, 4) is 16.9 Å². The number of benzene rings is 3. The molecule has 3 aromatic carbocycles. The van der Waals surface area contributed by atoms with Gasteiger partial charge in [0.1, 0.15) is 5.75 Å². The standard InChI is InChI=1S/C29H31NO5S/c1-2-22-8-10-24(11-9-22)25-7-3-5-23(21-25)6-4-18-35-26-12-14-27(15-13-26)36(32,33)29(28(30)31)16-19-34-20-17-29/h2-3,5,7-15,21H,1,4,6,16-20H2,(H2,30,31). The second kappa shape index (κ2) is 11.1. The lowest BCUT2D eigenvalue weighted by molar-refractivity contribution is -0.122. The van der Waals surface area contributed by atoms with Crippen molar-refractivity contribution in [1.29, 1.82) is 0 Å². The maximum absolute atomic E-state index is 13.2. The van der Waals surface area contributed by atoms with Gasteiger partial charge >= 0.3 is 0 Å². The van der Waals surface area contributed by atoms with Crippen LogP contribution in [0.3, 0.4) is 0 Å². The molecule has 0 unspecified atom stereocenters. The summed E-state index contributed by atoms with van der Waals surface area (Å²) in [5, 5.41) is 0. The Morgan fingerprint density at radius 1 is 1.00 bits per heavy atom. The smallest absolute Gasteiger partial charge is 0.239 e. The van der Waals surface area contributed by atoms with E-state index in [9.17, 15) is 13.2 Å². The van der Waals surface area contributed by atoms with E-state index in [2.05, 4.69) is 55.1 Å². The molecule has 0 aromatic heterocycles. The van der Waals surface area contributed by atoms with Gasteiger partial charge in [0, 0.05) is 13.2 Å². The Labute approximate surface area is 212 Å². The molecule has 36 heavy (non-hydrogen) atoms. The van der Waals surface area contributed by atoms with Crippen LogP contribution in [0.25, 0.3) is 17.2 Å². The number of ether oxygens (including phenoxy) is 2. The molecule has 4 rings (SSSR count). The van der Waals surface area contributed by atoms with E-state index in [1.165, 1.54) is 23.3 Å². The largest absolute Gasteiger partial charge is 0.494 e. The number of hydrogen-bond acceptors (Lipinski definition) is 5. The van der Waals surface area contributed by atoms with E-state index < -0.39 is 20.5 Å². The van der Waals surface area contributed by atoms with Crippen LogP contribution in [0, 0.1) is 0 Å². The number of primary amides is 1. The summed E-state index contributed by atoms with van der Waals surface area (Å²) in [6.07, 6.45) is 3.61. The van der Waals surface area contributed by atoms with E-state index in [1.807, 2.05) is 6.08 Å².